The highest BCUT2D eigenvalue weighted by molar-refractivity contribution is 5.70. The molecule has 0 atom stereocenters. The van der Waals surface area contributed by atoms with E-state index in [1.54, 1.807) is 0 Å². The van der Waals surface area contributed by atoms with Gasteiger partial charge >= 0.3 is 5.97 Å². The molecule has 0 aliphatic carbocycles. The van der Waals surface area contributed by atoms with Gasteiger partial charge in [0.05, 0.1) is 6.42 Å². The summed E-state index contributed by atoms with van der Waals surface area (Å²) in [7, 11) is 0. The highest BCUT2D eigenvalue weighted by atomic mass is 16.4. The predicted octanol–water partition coefficient (Wildman–Crippen LogP) is 2.91. The molecule has 1 fully saturated rings. The van der Waals surface area contributed by atoms with Gasteiger partial charge in [0, 0.05) is 25.6 Å². The zero-order valence-electron chi connectivity index (χ0n) is 11.9. The summed E-state index contributed by atoms with van der Waals surface area (Å²) in [6, 6.07) is 18.4. The van der Waals surface area contributed by atoms with Gasteiger partial charge in [-0.05, 0) is 16.7 Å². The fraction of sp³-hybridized carbons (Fsp3) is 0.278. The Morgan fingerprint density at radius 1 is 1.00 bits per heavy atom. The van der Waals surface area contributed by atoms with Crippen molar-refractivity contribution < 1.29 is 9.90 Å². The van der Waals surface area contributed by atoms with Crippen molar-refractivity contribution in [2.75, 3.05) is 13.1 Å². The Kier molecular flexibility index (Phi) is 4.02. The largest absolute Gasteiger partial charge is 0.481 e. The third-order valence-corrected chi connectivity index (χ3v) is 4.08. The zero-order chi connectivity index (χ0) is 14.7. The van der Waals surface area contributed by atoms with Crippen molar-refractivity contribution in [3.8, 4) is 0 Å². The summed E-state index contributed by atoms with van der Waals surface area (Å²) in [5.41, 5.74) is 3.45. The van der Waals surface area contributed by atoms with E-state index >= 15 is 0 Å². The average Bonchev–Trinajstić information content (AvgIpc) is 2.44. The Hall–Kier alpha value is -2.13. The molecule has 3 nitrogen and oxygen atoms in total. The SMILES string of the molecule is O=C(O)Cc1ccccc1CN1CC(c2ccccc2)C1. The number of hydrogen-bond donors (Lipinski definition) is 1. The monoisotopic (exact) mass is 281 g/mol. The van der Waals surface area contributed by atoms with Gasteiger partial charge in [0.15, 0.2) is 0 Å². The summed E-state index contributed by atoms with van der Waals surface area (Å²) in [5.74, 6) is -0.161. The molecule has 1 aliphatic heterocycles. The third kappa shape index (κ3) is 3.31. The topological polar surface area (TPSA) is 40.5 Å². The van der Waals surface area contributed by atoms with E-state index in [1.807, 2.05) is 30.3 Å². The Morgan fingerprint density at radius 2 is 1.62 bits per heavy atom. The molecule has 0 bridgehead atoms. The molecule has 1 aliphatic rings. The second-order valence-electron chi connectivity index (χ2n) is 5.64. The number of benzene rings is 2. The minimum Gasteiger partial charge on any atom is -0.481 e. The van der Waals surface area contributed by atoms with Gasteiger partial charge in [0.1, 0.15) is 0 Å². The van der Waals surface area contributed by atoms with Gasteiger partial charge in [-0.1, -0.05) is 54.6 Å². The second-order valence-corrected chi connectivity index (χ2v) is 5.64. The van der Waals surface area contributed by atoms with E-state index in [4.69, 9.17) is 5.11 Å². The van der Waals surface area contributed by atoms with Crippen LogP contribution < -0.4 is 0 Å². The maximum atomic E-state index is 10.9. The van der Waals surface area contributed by atoms with E-state index in [1.165, 1.54) is 5.56 Å². The molecule has 1 saturated heterocycles. The van der Waals surface area contributed by atoms with E-state index in [0.717, 1.165) is 30.8 Å². The molecule has 1 heterocycles. The van der Waals surface area contributed by atoms with Crippen molar-refractivity contribution in [3.05, 3.63) is 71.3 Å². The summed E-state index contributed by atoms with van der Waals surface area (Å²) < 4.78 is 0. The Bertz CT molecular complexity index is 618. The van der Waals surface area contributed by atoms with Crippen LogP contribution in [-0.4, -0.2) is 29.1 Å². The lowest BCUT2D eigenvalue weighted by atomic mass is 9.90. The summed E-state index contributed by atoms with van der Waals surface area (Å²) in [6.45, 7) is 2.93. The second kappa shape index (κ2) is 6.10. The lowest BCUT2D eigenvalue weighted by Gasteiger charge is -2.40. The van der Waals surface area contributed by atoms with Crippen LogP contribution in [0.15, 0.2) is 54.6 Å². The first-order valence-corrected chi connectivity index (χ1v) is 7.28. The molecular weight excluding hydrogens is 262 g/mol. The Morgan fingerprint density at radius 3 is 2.29 bits per heavy atom. The van der Waals surface area contributed by atoms with Gasteiger partial charge in [-0.15, -0.1) is 0 Å². The summed E-state index contributed by atoms with van der Waals surface area (Å²) in [6.07, 6.45) is 0.103. The lowest BCUT2D eigenvalue weighted by molar-refractivity contribution is -0.136. The third-order valence-electron chi connectivity index (χ3n) is 4.08. The first kappa shape index (κ1) is 13.8. The Labute approximate surface area is 124 Å². The van der Waals surface area contributed by atoms with Gasteiger partial charge < -0.3 is 5.11 Å². The van der Waals surface area contributed by atoms with Gasteiger partial charge in [-0.25, -0.2) is 0 Å². The summed E-state index contributed by atoms with van der Waals surface area (Å²) in [5, 5.41) is 8.97. The van der Waals surface area contributed by atoms with Crippen LogP contribution in [0.2, 0.25) is 0 Å². The van der Waals surface area contributed by atoms with Crippen molar-refractivity contribution in [2.45, 2.75) is 18.9 Å². The number of likely N-dealkylation sites (tertiary alicyclic amines) is 1. The van der Waals surface area contributed by atoms with Crippen LogP contribution in [0.1, 0.15) is 22.6 Å². The zero-order valence-corrected chi connectivity index (χ0v) is 11.9. The number of rotatable bonds is 5. The van der Waals surface area contributed by atoms with Crippen LogP contribution in [0, 0.1) is 0 Å². The van der Waals surface area contributed by atoms with Gasteiger partial charge in [-0.3, -0.25) is 9.69 Å². The number of aliphatic carboxylic acids is 1. The molecule has 0 saturated carbocycles. The van der Waals surface area contributed by atoms with Gasteiger partial charge in [0.25, 0.3) is 0 Å². The number of nitrogens with zero attached hydrogens (tertiary/aromatic N) is 1. The molecule has 21 heavy (non-hydrogen) atoms. The highest BCUT2D eigenvalue weighted by Crippen LogP contribution is 2.28. The smallest absolute Gasteiger partial charge is 0.307 e. The van der Waals surface area contributed by atoms with E-state index in [0.29, 0.717) is 5.92 Å². The number of carboxylic acid groups (broad SMARTS) is 1. The van der Waals surface area contributed by atoms with Crippen LogP contribution in [0.4, 0.5) is 0 Å². The van der Waals surface area contributed by atoms with Crippen molar-refractivity contribution >= 4 is 5.97 Å². The average molecular weight is 281 g/mol. The molecule has 2 aromatic rings. The molecule has 0 amide bonds. The Balaban J connectivity index is 1.61. The van der Waals surface area contributed by atoms with Crippen LogP contribution in [0.3, 0.4) is 0 Å². The van der Waals surface area contributed by atoms with Crippen molar-refractivity contribution in [3.63, 3.8) is 0 Å². The fourth-order valence-electron chi connectivity index (χ4n) is 2.92. The van der Waals surface area contributed by atoms with E-state index < -0.39 is 5.97 Å². The van der Waals surface area contributed by atoms with Crippen molar-refractivity contribution in [1.82, 2.24) is 4.90 Å². The predicted molar refractivity (Wildman–Crippen MR) is 82.2 cm³/mol. The molecular formula is C18H19NO2. The first-order valence-electron chi connectivity index (χ1n) is 7.28. The molecule has 108 valence electrons. The van der Waals surface area contributed by atoms with Gasteiger partial charge in [0.2, 0.25) is 0 Å². The highest BCUT2D eigenvalue weighted by Gasteiger charge is 2.28. The van der Waals surface area contributed by atoms with Gasteiger partial charge in [-0.2, -0.15) is 0 Å². The van der Waals surface area contributed by atoms with Crippen LogP contribution in [-0.2, 0) is 17.8 Å². The molecule has 0 unspecified atom stereocenters. The normalized spacial score (nSPS) is 15.6. The number of carbonyl (C=O) groups is 1. The lowest BCUT2D eigenvalue weighted by Crippen LogP contribution is -2.44. The molecule has 1 N–H and O–H groups in total. The van der Waals surface area contributed by atoms with Crippen molar-refractivity contribution in [1.29, 1.82) is 0 Å². The molecule has 2 aromatic carbocycles. The summed E-state index contributed by atoms with van der Waals surface area (Å²) in [4.78, 5) is 13.3. The minimum atomic E-state index is -0.770. The first-order chi connectivity index (χ1) is 10.2. The number of hydrogen-bond acceptors (Lipinski definition) is 2. The standard InChI is InChI=1S/C18H19NO2/c20-18(21)10-15-8-4-5-9-16(15)11-19-12-17(13-19)14-6-2-1-3-7-14/h1-9,17H,10-13H2,(H,20,21). The molecule has 0 spiro atoms. The van der Waals surface area contributed by atoms with Crippen LogP contribution >= 0.6 is 0 Å². The van der Waals surface area contributed by atoms with Crippen LogP contribution in [0.5, 0.6) is 0 Å². The van der Waals surface area contributed by atoms with E-state index in [2.05, 4.69) is 29.2 Å². The summed E-state index contributed by atoms with van der Waals surface area (Å²) >= 11 is 0. The van der Waals surface area contributed by atoms with Crippen molar-refractivity contribution in [2.24, 2.45) is 0 Å². The molecule has 0 aromatic heterocycles. The van der Waals surface area contributed by atoms with E-state index in [-0.39, 0.29) is 6.42 Å². The molecule has 0 radical (unpaired) electrons. The quantitative estimate of drug-likeness (QED) is 0.916. The molecule has 3 rings (SSSR count). The molecule has 3 heteroatoms. The number of carboxylic acids is 1. The maximum Gasteiger partial charge on any atom is 0.307 e. The van der Waals surface area contributed by atoms with Crippen LogP contribution in [0.25, 0.3) is 0 Å². The fourth-order valence-corrected chi connectivity index (χ4v) is 2.92. The van der Waals surface area contributed by atoms with E-state index in [9.17, 15) is 4.79 Å². The maximum absolute atomic E-state index is 10.9. The minimum absolute atomic E-state index is 0.103.